The van der Waals surface area contributed by atoms with Crippen LogP contribution < -0.4 is 0 Å². The van der Waals surface area contributed by atoms with Gasteiger partial charge < -0.3 is 0 Å². The van der Waals surface area contributed by atoms with Crippen LogP contribution in [0, 0.1) is 0 Å². The number of carbonyl (C=O) groups excluding carboxylic acids is 1. The smallest absolute Gasteiger partial charge is 0.177 e. The minimum atomic E-state index is 0.0931. The number of rotatable bonds is 0. The molecule has 1 rings (SSSR count). The summed E-state index contributed by atoms with van der Waals surface area (Å²) in [5.74, 6) is 0.0931. The van der Waals surface area contributed by atoms with E-state index in [-0.39, 0.29) is 5.78 Å². The van der Waals surface area contributed by atoms with Gasteiger partial charge >= 0.3 is 0 Å². The van der Waals surface area contributed by atoms with Crippen LogP contribution in [0.25, 0.3) is 0 Å². The number of hydrogen-bond acceptors (Lipinski definition) is 2. The van der Waals surface area contributed by atoms with Gasteiger partial charge in [0.05, 0.1) is 0 Å². The third-order valence-electron chi connectivity index (χ3n) is 0.995. The molecule has 0 unspecified atom stereocenters. The van der Waals surface area contributed by atoms with E-state index in [4.69, 9.17) is 0 Å². The highest BCUT2D eigenvalue weighted by atomic mass is 16.1. The lowest BCUT2D eigenvalue weighted by atomic mass is 10.2. The molecule has 2 heteroatoms. The van der Waals surface area contributed by atoms with Gasteiger partial charge in [0.1, 0.15) is 6.54 Å². The molecule has 1 aliphatic rings. The van der Waals surface area contributed by atoms with Gasteiger partial charge in [-0.05, 0) is 19.1 Å². The Morgan fingerprint density at radius 3 is 2.75 bits per heavy atom. The molecule has 0 aromatic carbocycles. The van der Waals surface area contributed by atoms with Crippen LogP contribution in [0.4, 0.5) is 0 Å². The highest BCUT2D eigenvalue weighted by Gasteiger charge is 1.98. The summed E-state index contributed by atoms with van der Waals surface area (Å²) in [5.41, 5.74) is 0.935. The largest absolute Gasteiger partial charge is 0.293 e. The van der Waals surface area contributed by atoms with Gasteiger partial charge in [0.2, 0.25) is 0 Å². The quantitative estimate of drug-likeness (QED) is 0.447. The van der Waals surface area contributed by atoms with E-state index in [2.05, 4.69) is 4.99 Å². The molecule has 2 nitrogen and oxygen atoms in total. The van der Waals surface area contributed by atoms with Crippen LogP contribution in [0.1, 0.15) is 6.92 Å². The second kappa shape index (κ2) is 1.90. The van der Waals surface area contributed by atoms with Crippen LogP contribution in [0.5, 0.6) is 0 Å². The third kappa shape index (κ3) is 1.03. The molecule has 0 amide bonds. The normalized spacial score (nSPS) is 18.6. The fourth-order valence-corrected chi connectivity index (χ4v) is 0.522. The number of ketones is 1. The Morgan fingerprint density at radius 2 is 2.38 bits per heavy atom. The monoisotopic (exact) mass is 109 g/mol. The lowest BCUT2D eigenvalue weighted by molar-refractivity contribution is -0.113. The van der Waals surface area contributed by atoms with E-state index in [9.17, 15) is 4.79 Å². The number of allylic oxidation sites excluding steroid dienone is 1. The Kier molecular flexibility index (Phi) is 1.24. The second-order valence-electron chi connectivity index (χ2n) is 1.76. The zero-order valence-electron chi connectivity index (χ0n) is 4.72. The van der Waals surface area contributed by atoms with E-state index in [0.29, 0.717) is 6.54 Å². The molecule has 0 aromatic heterocycles. The zero-order valence-corrected chi connectivity index (χ0v) is 4.72. The Morgan fingerprint density at radius 1 is 1.62 bits per heavy atom. The van der Waals surface area contributed by atoms with Crippen LogP contribution in [0.2, 0.25) is 0 Å². The van der Waals surface area contributed by atoms with Crippen molar-refractivity contribution in [2.24, 2.45) is 4.99 Å². The second-order valence-corrected chi connectivity index (χ2v) is 1.76. The molecule has 0 saturated heterocycles. The number of aliphatic imine (C=N–C) groups is 1. The molecule has 0 radical (unpaired) electrons. The van der Waals surface area contributed by atoms with Gasteiger partial charge in [-0.15, -0.1) is 0 Å². The molecule has 0 fully saturated rings. The molecule has 1 heterocycles. The summed E-state index contributed by atoms with van der Waals surface area (Å²) >= 11 is 0. The lowest BCUT2D eigenvalue weighted by Gasteiger charge is -1.96. The maximum atomic E-state index is 10.4. The molecule has 0 spiro atoms. The van der Waals surface area contributed by atoms with Gasteiger partial charge in [-0.2, -0.15) is 0 Å². The minimum Gasteiger partial charge on any atom is -0.293 e. The summed E-state index contributed by atoms with van der Waals surface area (Å²) in [5, 5.41) is 0. The van der Waals surface area contributed by atoms with Gasteiger partial charge in [-0.3, -0.25) is 9.79 Å². The van der Waals surface area contributed by atoms with Crippen molar-refractivity contribution < 1.29 is 4.79 Å². The van der Waals surface area contributed by atoms with Gasteiger partial charge in [0.15, 0.2) is 5.78 Å². The standard InChI is InChI=1S/C6H7NO/c1-5-2-3-6(8)4-7-5/h2-3H,4H2,1H3. The molecular formula is C6H7NO. The topological polar surface area (TPSA) is 29.4 Å². The van der Waals surface area contributed by atoms with Gasteiger partial charge in [0, 0.05) is 5.71 Å². The predicted molar refractivity (Wildman–Crippen MR) is 32.1 cm³/mol. The van der Waals surface area contributed by atoms with Crippen LogP contribution >= 0.6 is 0 Å². The first-order chi connectivity index (χ1) is 3.79. The Hall–Kier alpha value is -0.920. The van der Waals surface area contributed by atoms with Gasteiger partial charge in [0.25, 0.3) is 0 Å². The fraction of sp³-hybridized carbons (Fsp3) is 0.333. The first kappa shape index (κ1) is 5.22. The van der Waals surface area contributed by atoms with E-state index in [1.807, 2.05) is 6.92 Å². The van der Waals surface area contributed by atoms with E-state index < -0.39 is 0 Å². The molecule has 0 bridgehead atoms. The first-order valence-corrected chi connectivity index (χ1v) is 2.51. The summed E-state index contributed by atoms with van der Waals surface area (Å²) in [7, 11) is 0. The number of nitrogens with zero attached hydrogens (tertiary/aromatic N) is 1. The highest BCUT2D eigenvalue weighted by Crippen LogP contribution is 1.90. The molecular weight excluding hydrogens is 102 g/mol. The van der Waals surface area contributed by atoms with Crippen molar-refractivity contribution in [2.75, 3.05) is 6.54 Å². The SMILES string of the molecule is CC1=NCC(=O)C=C1. The number of dihydropyridines is 1. The Balaban J connectivity index is 2.71. The van der Waals surface area contributed by atoms with E-state index in [1.54, 1.807) is 12.2 Å². The Bertz CT molecular complexity index is 165. The fourth-order valence-electron chi connectivity index (χ4n) is 0.522. The van der Waals surface area contributed by atoms with Crippen LogP contribution in [-0.2, 0) is 4.79 Å². The van der Waals surface area contributed by atoms with Crippen molar-refractivity contribution in [3.05, 3.63) is 12.2 Å². The van der Waals surface area contributed by atoms with Crippen molar-refractivity contribution in [1.29, 1.82) is 0 Å². The van der Waals surface area contributed by atoms with Crippen molar-refractivity contribution in [1.82, 2.24) is 0 Å². The molecule has 8 heavy (non-hydrogen) atoms. The van der Waals surface area contributed by atoms with Crippen molar-refractivity contribution in [2.45, 2.75) is 6.92 Å². The van der Waals surface area contributed by atoms with E-state index >= 15 is 0 Å². The Labute approximate surface area is 47.9 Å². The summed E-state index contributed by atoms with van der Waals surface area (Å²) in [4.78, 5) is 14.3. The molecule has 42 valence electrons. The number of carbonyl (C=O) groups is 1. The average molecular weight is 109 g/mol. The lowest BCUT2D eigenvalue weighted by Crippen LogP contribution is -2.05. The molecule has 1 aliphatic heterocycles. The molecule has 0 saturated carbocycles. The third-order valence-corrected chi connectivity index (χ3v) is 0.995. The number of hydrogen-bond donors (Lipinski definition) is 0. The maximum Gasteiger partial charge on any atom is 0.177 e. The van der Waals surface area contributed by atoms with Crippen molar-refractivity contribution >= 4 is 11.5 Å². The minimum absolute atomic E-state index is 0.0931. The van der Waals surface area contributed by atoms with E-state index in [0.717, 1.165) is 5.71 Å². The summed E-state index contributed by atoms with van der Waals surface area (Å²) in [6, 6.07) is 0. The molecule has 0 atom stereocenters. The van der Waals surface area contributed by atoms with Crippen LogP contribution in [0.15, 0.2) is 17.1 Å². The molecule has 0 N–H and O–H groups in total. The van der Waals surface area contributed by atoms with Crippen molar-refractivity contribution in [3.8, 4) is 0 Å². The van der Waals surface area contributed by atoms with E-state index in [1.165, 1.54) is 0 Å². The summed E-state index contributed by atoms with van der Waals surface area (Å²) < 4.78 is 0. The van der Waals surface area contributed by atoms with Crippen LogP contribution in [0.3, 0.4) is 0 Å². The van der Waals surface area contributed by atoms with Gasteiger partial charge in [-0.1, -0.05) is 0 Å². The molecule has 0 aromatic rings. The maximum absolute atomic E-state index is 10.4. The van der Waals surface area contributed by atoms with Crippen molar-refractivity contribution in [3.63, 3.8) is 0 Å². The zero-order chi connectivity index (χ0) is 5.98. The molecule has 0 aliphatic carbocycles. The predicted octanol–water partition coefficient (Wildman–Crippen LogP) is 0.586. The highest BCUT2D eigenvalue weighted by molar-refractivity contribution is 6.05. The first-order valence-electron chi connectivity index (χ1n) is 2.51. The average Bonchev–Trinajstić information content (AvgIpc) is 1.77. The van der Waals surface area contributed by atoms with Crippen LogP contribution in [-0.4, -0.2) is 18.0 Å². The van der Waals surface area contributed by atoms with Gasteiger partial charge in [-0.25, -0.2) is 0 Å². The summed E-state index contributed by atoms with van der Waals surface area (Å²) in [6.07, 6.45) is 3.29. The summed E-state index contributed by atoms with van der Waals surface area (Å²) in [6.45, 7) is 2.21.